The van der Waals surface area contributed by atoms with E-state index in [4.69, 9.17) is 0 Å². The van der Waals surface area contributed by atoms with Crippen LogP contribution >= 0.6 is 0 Å². The first-order chi connectivity index (χ1) is 8.99. The maximum atomic E-state index is 12.0. The normalized spacial score (nSPS) is 15.3. The summed E-state index contributed by atoms with van der Waals surface area (Å²) in [4.78, 5) is 38.8. The molecule has 0 aromatic carbocycles. The molecule has 1 aromatic heterocycles. The Hall–Kier alpha value is -2.38. The van der Waals surface area contributed by atoms with Crippen molar-refractivity contribution >= 4 is 17.8 Å². The first kappa shape index (κ1) is 13.1. The molecular formula is C11H15N5O3. The molecule has 0 atom stereocenters. The monoisotopic (exact) mass is 265 g/mol. The molecule has 1 saturated heterocycles. The Morgan fingerprint density at radius 2 is 2.26 bits per heavy atom. The predicted molar refractivity (Wildman–Crippen MR) is 64.8 cm³/mol. The molecule has 8 heteroatoms. The average molecular weight is 265 g/mol. The Balaban J connectivity index is 1.93. The molecule has 0 aliphatic carbocycles. The van der Waals surface area contributed by atoms with Crippen LogP contribution in [0.3, 0.4) is 0 Å². The van der Waals surface area contributed by atoms with Crippen LogP contribution in [-0.2, 0) is 16.1 Å². The van der Waals surface area contributed by atoms with Gasteiger partial charge in [-0.25, -0.2) is 4.79 Å². The number of carbonyl (C=O) groups excluding carboxylic acids is 3. The second kappa shape index (κ2) is 5.09. The molecule has 0 bridgehead atoms. The third-order valence-electron chi connectivity index (χ3n) is 2.92. The third-order valence-corrected chi connectivity index (χ3v) is 2.92. The van der Waals surface area contributed by atoms with Crippen molar-refractivity contribution in [2.75, 3.05) is 27.2 Å². The molecule has 0 spiro atoms. The maximum Gasteiger partial charge on any atom is 0.327 e. The number of imide groups is 1. The van der Waals surface area contributed by atoms with E-state index in [0.717, 1.165) is 10.5 Å². The lowest BCUT2D eigenvalue weighted by molar-refractivity contribution is -0.136. The number of carbonyl (C=O) groups is 3. The van der Waals surface area contributed by atoms with Gasteiger partial charge in [0.1, 0.15) is 13.1 Å². The molecular weight excluding hydrogens is 250 g/mol. The summed E-state index contributed by atoms with van der Waals surface area (Å²) in [7, 11) is 3.14. The van der Waals surface area contributed by atoms with Crippen molar-refractivity contribution in [3.63, 3.8) is 0 Å². The van der Waals surface area contributed by atoms with Crippen LogP contribution in [0.5, 0.6) is 0 Å². The van der Waals surface area contributed by atoms with Crippen LogP contribution in [0.1, 0.15) is 5.56 Å². The first-order valence-corrected chi connectivity index (χ1v) is 5.76. The zero-order valence-electron chi connectivity index (χ0n) is 10.8. The van der Waals surface area contributed by atoms with Gasteiger partial charge in [-0.3, -0.25) is 19.6 Å². The highest BCUT2D eigenvalue weighted by molar-refractivity contribution is 6.04. The van der Waals surface area contributed by atoms with Gasteiger partial charge >= 0.3 is 6.03 Å². The van der Waals surface area contributed by atoms with E-state index in [1.807, 2.05) is 0 Å². The van der Waals surface area contributed by atoms with Crippen molar-refractivity contribution in [2.45, 2.75) is 6.54 Å². The molecule has 4 amide bonds. The second-order valence-corrected chi connectivity index (χ2v) is 4.47. The van der Waals surface area contributed by atoms with Crippen molar-refractivity contribution in [1.82, 2.24) is 24.9 Å². The number of hydrogen-bond donors (Lipinski definition) is 1. The Morgan fingerprint density at radius 3 is 2.79 bits per heavy atom. The first-order valence-electron chi connectivity index (χ1n) is 5.76. The zero-order valence-corrected chi connectivity index (χ0v) is 10.8. The molecule has 2 heterocycles. The average Bonchev–Trinajstić information content (AvgIpc) is 2.94. The van der Waals surface area contributed by atoms with Gasteiger partial charge in [0, 0.05) is 32.4 Å². The molecule has 1 aliphatic rings. The van der Waals surface area contributed by atoms with Crippen LogP contribution in [0.15, 0.2) is 12.4 Å². The number of urea groups is 1. The predicted octanol–water partition coefficient (Wildman–Crippen LogP) is -0.738. The van der Waals surface area contributed by atoms with Crippen LogP contribution in [0, 0.1) is 0 Å². The van der Waals surface area contributed by atoms with Gasteiger partial charge in [0.25, 0.3) is 5.91 Å². The topological polar surface area (TPSA) is 89.6 Å². The largest absolute Gasteiger partial charge is 0.340 e. The van der Waals surface area contributed by atoms with E-state index in [9.17, 15) is 14.4 Å². The fraction of sp³-hybridized carbons (Fsp3) is 0.455. The lowest BCUT2D eigenvalue weighted by Crippen LogP contribution is -2.41. The van der Waals surface area contributed by atoms with Crippen LogP contribution < -0.4 is 0 Å². The van der Waals surface area contributed by atoms with Crippen LogP contribution in [-0.4, -0.2) is 69.9 Å². The highest BCUT2D eigenvalue weighted by Gasteiger charge is 2.35. The molecule has 19 heavy (non-hydrogen) atoms. The van der Waals surface area contributed by atoms with Gasteiger partial charge in [-0.15, -0.1) is 0 Å². The molecule has 102 valence electrons. The molecule has 1 fully saturated rings. The van der Waals surface area contributed by atoms with Gasteiger partial charge in [0.05, 0.1) is 6.20 Å². The number of aromatic amines is 1. The Bertz CT molecular complexity index is 498. The van der Waals surface area contributed by atoms with E-state index in [1.165, 1.54) is 16.8 Å². The van der Waals surface area contributed by atoms with Crippen LogP contribution in [0.25, 0.3) is 0 Å². The summed E-state index contributed by atoms with van der Waals surface area (Å²) in [6.45, 7) is 0.176. The summed E-state index contributed by atoms with van der Waals surface area (Å²) in [5.74, 6) is -0.643. The van der Waals surface area contributed by atoms with Crippen molar-refractivity contribution in [1.29, 1.82) is 0 Å². The summed E-state index contributed by atoms with van der Waals surface area (Å²) in [6, 6.07) is -0.435. The minimum absolute atomic E-state index is 0.0254. The van der Waals surface area contributed by atoms with Crippen LogP contribution in [0.2, 0.25) is 0 Å². The maximum absolute atomic E-state index is 12.0. The number of nitrogens with zero attached hydrogens (tertiary/aromatic N) is 4. The molecule has 2 rings (SSSR count). The van der Waals surface area contributed by atoms with E-state index in [1.54, 1.807) is 19.4 Å². The summed E-state index contributed by atoms with van der Waals surface area (Å²) < 4.78 is 0. The van der Waals surface area contributed by atoms with Crippen molar-refractivity contribution < 1.29 is 14.4 Å². The number of nitrogens with one attached hydrogen (secondary N) is 1. The number of aromatic nitrogens is 2. The highest BCUT2D eigenvalue weighted by atomic mass is 16.2. The second-order valence-electron chi connectivity index (χ2n) is 4.47. The van der Waals surface area contributed by atoms with Gasteiger partial charge in [-0.2, -0.15) is 5.10 Å². The molecule has 1 aromatic rings. The molecule has 0 saturated carbocycles. The summed E-state index contributed by atoms with van der Waals surface area (Å²) in [6.07, 6.45) is 3.30. The number of hydrogen-bond acceptors (Lipinski definition) is 4. The van der Waals surface area contributed by atoms with E-state index in [-0.39, 0.29) is 24.9 Å². The SMILES string of the molecule is CN(Cc1cn[nH]c1)C(=O)CN1C(=O)CN(C)C1=O. The van der Waals surface area contributed by atoms with Crippen molar-refractivity contribution in [3.05, 3.63) is 18.0 Å². The summed E-state index contributed by atoms with van der Waals surface area (Å²) in [5.41, 5.74) is 0.854. The quantitative estimate of drug-likeness (QED) is 0.726. The number of H-pyrrole nitrogens is 1. The Labute approximate surface area is 110 Å². The molecule has 8 nitrogen and oxygen atoms in total. The summed E-state index contributed by atoms with van der Waals surface area (Å²) in [5, 5.41) is 6.44. The molecule has 1 aliphatic heterocycles. The zero-order chi connectivity index (χ0) is 14.0. The number of rotatable bonds is 4. The minimum atomic E-state index is -0.435. The fourth-order valence-corrected chi connectivity index (χ4v) is 1.81. The highest BCUT2D eigenvalue weighted by Crippen LogP contribution is 2.08. The lowest BCUT2D eigenvalue weighted by atomic mass is 10.3. The Kier molecular flexibility index (Phi) is 3.50. The molecule has 0 radical (unpaired) electrons. The number of likely N-dealkylation sites (N-methyl/N-ethyl adjacent to an activating group) is 2. The van der Waals surface area contributed by atoms with Gasteiger partial charge < -0.3 is 9.80 Å². The molecule has 1 N–H and O–H groups in total. The lowest BCUT2D eigenvalue weighted by Gasteiger charge is -2.19. The summed E-state index contributed by atoms with van der Waals surface area (Å²) >= 11 is 0. The van der Waals surface area contributed by atoms with E-state index in [0.29, 0.717) is 6.54 Å². The van der Waals surface area contributed by atoms with Crippen molar-refractivity contribution in [3.8, 4) is 0 Å². The van der Waals surface area contributed by atoms with Gasteiger partial charge in [-0.05, 0) is 0 Å². The van der Waals surface area contributed by atoms with E-state index < -0.39 is 6.03 Å². The third kappa shape index (κ3) is 2.72. The van der Waals surface area contributed by atoms with Gasteiger partial charge in [0.2, 0.25) is 5.91 Å². The van der Waals surface area contributed by atoms with Gasteiger partial charge in [0.15, 0.2) is 0 Å². The van der Waals surface area contributed by atoms with Crippen LogP contribution in [0.4, 0.5) is 4.79 Å². The van der Waals surface area contributed by atoms with Gasteiger partial charge in [-0.1, -0.05) is 0 Å². The standard InChI is InChI=1S/C11H15N5O3/c1-14(5-8-3-12-13-4-8)9(17)7-16-10(18)6-15(2)11(16)19/h3-4H,5-7H2,1-2H3,(H,12,13). The molecule has 0 unspecified atom stereocenters. The number of amides is 4. The Morgan fingerprint density at radius 1 is 1.53 bits per heavy atom. The smallest absolute Gasteiger partial charge is 0.327 e. The van der Waals surface area contributed by atoms with Crippen molar-refractivity contribution in [2.24, 2.45) is 0 Å². The fourth-order valence-electron chi connectivity index (χ4n) is 1.81. The van der Waals surface area contributed by atoms with E-state index >= 15 is 0 Å². The van der Waals surface area contributed by atoms with E-state index in [2.05, 4.69) is 10.2 Å². The minimum Gasteiger partial charge on any atom is -0.340 e.